The van der Waals surface area contributed by atoms with E-state index in [1.54, 1.807) is 0 Å². The van der Waals surface area contributed by atoms with Gasteiger partial charge in [-0.05, 0) is 51.0 Å². The summed E-state index contributed by atoms with van der Waals surface area (Å²) in [5.74, 6) is -0.405. The highest BCUT2D eigenvalue weighted by atomic mass is 16.4. The first-order valence-corrected chi connectivity index (χ1v) is 7.63. The predicted octanol–water partition coefficient (Wildman–Crippen LogP) is 0.435. The summed E-state index contributed by atoms with van der Waals surface area (Å²) in [7, 11) is 0. The number of fused-ring (bicyclic) bond motifs is 1. The second-order valence-electron chi connectivity index (χ2n) is 5.84. The van der Waals surface area contributed by atoms with Gasteiger partial charge < -0.3 is 15.7 Å². The van der Waals surface area contributed by atoms with Crippen LogP contribution in [0.3, 0.4) is 0 Å². The molecule has 6 heteroatoms. The van der Waals surface area contributed by atoms with Crippen molar-refractivity contribution in [2.24, 2.45) is 5.92 Å². The van der Waals surface area contributed by atoms with Crippen LogP contribution >= 0.6 is 0 Å². The maximum Gasteiger partial charge on any atom is 0.322 e. The maximum absolute atomic E-state index is 11.4. The number of carbonyl (C=O) groups is 2. The van der Waals surface area contributed by atoms with Crippen molar-refractivity contribution in [1.82, 2.24) is 16.0 Å². The zero-order valence-corrected chi connectivity index (χ0v) is 11.9. The molecular formula is C14H25N3O3. The van der Waals surface area contributed by atoms with E-state index in [2.05, 4.69) is 16.0 Å². The third-order valence-corrected chi connectivity index (χ3v) is 4.28. The van der Waals surface area contributed by atoms with E-state index in [9.17, 15) is 9.59 Å². The van der Waals surface area contributed by atoms with Gasteiger partial charge in [-0.2, -0.15) is 0 Å². The second-order valence-corrected chi connectivity index (χ2v) is 5.84. The molecule has 2 aliphatic rings. The molecule has 114 valence electrons. The van der Waals surface area contributed by atoms with Gasteiger partial charge in [-0.15, -0.1) is 0 Å². The molecule has 0 spiro atoms. The van der Waals surface area contributed by atoms with Crippen LogP contribution in [-0.4, -0.2) is 42.3 Å². The minimum Gasteiger partial charge on any atom is -0.480 e. The Hall–Kier alpha value is -1.14. The maximum atomic E-state index is 11.4. The number of hydrogen-bond acceptors (Lipinski definition) is 4. The Balaban J connectivity index is 1.60. The topological polar surface area (TPSA) is 90.5 Å². The summed E-state index contributed by atoms with van der Waals surface area (Å²) in [4.78, 5) is 21.7. The fourth-order valence-corrected chi connectivity index (χ4v) is 3.21. The molecule has 0 aromatic carbocycles. The molecule has 0 aliphatic carbocycles. The second kappa shape index (κ2) is 7.59. The van der Waals surface area contributed by atoms with Crippen LogP contribution in [0.4, 0.5) is 0 Å². The molecule has 2 saturated heterocycles. The lowest BCUT2D eigenvalue weighted by Crippen LogP contribution is -2.57. The molecule has 3 unspecified atom stereocenters. The fourth-order valence-electron chi connectivity index (χ4n) is 3.21. The van der Waals surface area contributed by atoms with Gasteiger partial charge in [0.25, 0.3) is 0 Å². The summed E-state index contributed by atoms with van der Waals surface area (Å²) >= 11 is 0. The Morgan fingerprint density at radius 3 is 2.90 bits per heavy atom. The lowest BCUT2D eigenvalue weighted by atomic mass is 9.84. The SMILES string of the molecule is O=C(O)CNC(=O)CCCC1CCC2CCCNC2N1. The van der Waals surface area contributed by atoms with Crippen molar-refractivity contribution >= 4 is 11.9 Å². The summed E-state index contributed by atoms with van der Waals surface area (Å²) in [5, 5.41) is 18.0. The molecule has 1 amide bonds. The van der Waals surface area contributed by atoms with Crippen LogP contribution < -0.4 is 16.0 Å². The Morgan fingerprint density at radius 1 is 1.25 bits per heavy atom. The van der Waals surface area contributed by atoms with Crippen molar-refractivity contribution in [3.8, 4) is 0 Å². The van der Waals surface area contributed by atoms with Crippen LogP contribution in [0.5, 0.6) is 0 Å². The van der Waals surface area contributed by atoms with Crippen LogP contribution in [0, 0.1) is 5.92 Å². The van der Waals surface area contributed by atoms with E-state index in [4.69, 9.17) is 5.11 Å². The van der Waals surface area contributed by atoms with Gasteiger partial charge in [-0.25, -0.2) is 0 Å². The molecule has 2 aliphatic heterocycles. The van der Waals surface area contributed by atoms with E-state index in [-0.39, 0.29) is 12.5 Å². The number of piperidine rings is 2. The van der Waals surface area contributed by atoms with E-state index >= 15 is 0 Å². The Morgan fingerprint density at radius 2 is 2.10 bits per heavy atom. The zero-order valence-electron chi connectivity index (χ0n) is 11.9. The van der Waals surface area contributed by atoms with Crippen LogP contribution in [0.15, 0.2) is 0 Å². The van der Waals surface area contributed by atoms with E-state index in [1.165, 1.54) is 25.7 Å². The number of hydrogen-bond donors (Lipinski definition) is 4. The standard InChI is InChI=1S/C14H25N3O3/c18-12(16-9-13(19)20)5-1-4-11-7-6-10-3-2-8-15-14(10)17-11/h10-11,14-15,17H,1-9H2,(H,16,18)(H,19,20). The Labute approximate surface area is 119 Å². The number of nitrogens with one attached hydrogen (secondary N) is 3. The molecule has 20 heavy (non-hydrogen) atoms. The first-order valence-electron chi connectivity index (χ1n) is 7.63. The van der Waals surface area contributed by atoms with Gasteiger partial charge in [0.05, 0.1) is 6.17 Å². The van der Waals surface area contributed by atoms with Gasteiger partial charge in [-0.3, -0.25) is 14.9 Å². The summed E-state index contributed by atoms with van der Waals surface area (Å²) in [6.45, 7) is 0.812. The van der Waals surface area contributed by atoms with Gasteiger partial charge >= 0.3 is 5.97 Å². The van der Waals surface area contributed by atoms with Crippen LogP contribution in [0.25, 0.3) is 0 Å². The normalized spacial score (nSPS) is 29.5. The summed E-state index contributed by atoms with van der Waals surface area (Å²) < 4.78 is 0. The lowest BCUT2D eigenvalue weighted by Gasteiger charge is -2.41. The van der Waals surface area contributed by atoms with Gasteiger partial charge in [0.2, 0.25) is 5.91 Å². The average Bonchev–Trinajstić information content (AvgIpc) is 2.45. The van der Waals surface area contributed by atoms with Crippen molar-refractivity contribution in [2.75, 3.05) is 13.1 Å². The van der Waals surface area contributed by atoms with Gasteiger partial charge in [0.15, 0.2) is 0 Å². The molecule has 0 saturated carbocycles. The highest BCUT2D eigenvalue weighted by Crippen LogP contribution is 2.27. The van der Waals surface area contributed by atoms with Crippen LogP contribution in [0.2, 0.25) is 0 Å². The summed E-state index contributed by atoms with van der Waals surface area (Å²) in [5.41, 5.74) is 0. The monoisotopic (exact) mass is 283 g/mol. The highest BCUT2D eigenvalue weighted by molar-refractivity contribution is 5.80. The molecule has 0 aromatic heterocycles. The minimum absolute atomic E-state index is 0.170. The van der Waals surface area contributed by atoms with E-state index in [0.29, 0.717) is 18.6 Å². The number of carboxylic acid groups (broad SMARTS) is 1. The number of rotatable bonds is 6. The number of carbonyl (C=O) groups excluding carboxylic acids is 1. The van der Waals surface area contributed by atoms with Gasteiger partial charge in [-0.1, -0.05) is 0 Å². The van der Waals surface area contributed by atoms with Crippen molar-refractivity contribution in [2.45, 2.75) is 57.2 Å². The molecule has 4 N–H and O–H groups in total. The van der Waals surface area contributed by atoms with Crippen molar-refractivity contribution in [1.29, 1.82) is 0 Å². The van der Waals surface area contributed by atoms with Crippen LogP contribution in [0.1, 0.15) is 44.9 Å². The van der Waals surface area contributed by atoms with Crippen LogP contribution in [-0.2, 0) is 9.59 Å². The molecule has 6 nitrogen and oxygen atoms in total. The molecule has 2 rings (SSSR count). The number of amides is 1. The smallest absolute Gasteiger partial charge is 0.322 e. The summed E-state index contributed by atoms with van der Waals surface area (Å²) in [6.07, 6.45) is 7.67. The zero-order chi connectivity index (χ0) is 14.4. The Bertz CT molecular complexity index is 349. The molecule has 3 atom stereocenters. The molecule has 0 aromatic rings. The molecule has 2 heterocycles. The average molecular weight is 283 g/mol. The third-order valence-electron chi connectivity index (χ3n) is 4.28. The minimum atomic E-state index is -0.998. The van der Waals surface area contributed by atoms with E-state index in [1.807, 2.05) is 0 Å². The summed E-state index contributed by atoms with van der Waals surface area (Å²) in [6, 6.07) is 0.481. The van der Waals surface area contributed by atoms with Gasteiger partial charge in [0.1, 0.15) is 6.54 Å². The van der Waals surface area contributed by atoms with E-state index in [0.717, 1.165) is 25.3 Å². The fraction of sp³-hybridized carbons (Fsp3) is 0.857. The predicted molar refractivity (Wildman–Crippen MR) is 75.2 cm³/mol. The highest BCUT2D eigenvalue weighted by Gasteiger charge is 2.30. The lowest BCUT2D eigenvalue weighted by molar-refractivity contribution is -0.137. The third kappa shape index (κ3) is 4.76. The molecule has 0 bridgehead atoms. The molecular weight excluding hydrogens is 258 g/mol. The molecule has 2 fully saturated rings. The van der Waals surface area contributed by atoms with Gasteiger partial charge in [0, 0.05) is 12.5 Å². The first-order chi connectivity index (χ1) is 9.65. The number of carboxylic acids is 1. The van der Waals surface area contributed by atoms with Crippen molar-refractivity contribution in [3.05, 3.63) is 0 Å². The van der Waals surface area contributed by atoms with Crippen molar-refractivity contribution in [3.63, 3.8) is 0 Å². The molecule has 0 radical (unpaired) electrons. The first kappa shape index (κ1) is 15.3. The Kier molecular flexibility index (Phi) is 5.79. The largest absolute Gasteiger partial charge is 0.480 e. The number of aliphatic carboxylic acids is 1. The quantitative estimate of drug-likeness (QED) is 0.568. The van der Waals surface area contributed by atoms with Crippen molar-refractivity contribution < 1.29 is 14.7 Å². The van der Waals surface area contributed by atoms with E-state index < -0.39 is 5.97 Å².